The molecule has 0 aliphatic carbocycles. The van der Waals surface area contributed by atoms with Crippen LogP contribution in [0.5, 0.6) is 5.88 Å². The Labute approximate surface area is 125 Å². The highest BCUT2D eigenvalue weighted by atomic mass is 16.5. The van der Waals surface area contributed by atoms with Gasteiger partial charge in [-0.05, 0) is 18.9 Å². The maximum atomic E-state index is 9.57. The lowest BCUT2D eigenvalue weighted by Gasteiger charge is -2.17. The SMILES string of the molecule is CCCOc1cc(C)nc(NC(CO)c2ccccc2)n1. The number of aromatic nitrogens is 2. The summed E-state index contributed by atoms with van der Waals surface area (Å²) in [4.78, 5) is 8.67. The molecule has 2 N–H and O–H groups in total. The Morgan fingerprint density at radius 2 is 2.00 bits per heavy atom. The van der Waals surface area contributed by atoms with Crippen LogP contribution in [0.25, 0.3) is 0 Å². The van der Waals surface area contributed by atoms with Crippen LogP contribution in [0, 0.1) is 6.92 Å². The van der Waals surface area contributed by atoms with Crippen LogP contribution in [0.4, 0.5) is 5.95 Å². The van der Waals surface area contributed by atoms with Crippen molar-refractivity contribution in [2.45, 2.75) is 26.3 Å². The van der Waals surface area contributed by atoms with Gasteiger partial charge in [0.25, 0.3) is 0 Å². The molecule has 0 amide bonds. The molecule has 1 atom stereocenters. The maximum Gasteiger partial charge on any atom is 0.226 e. The lowest BCUT2D eigenvalue weighted by Crippen LogP contribution is -2.17. The molecule has 1 aromatic carbocycles. The first kappa shape index (κ1) is 15.3. The third-order valence-corrected chi connectivity index (χ3v) is 2.97. The lowest BCUT2D eigenvalue weighted by atomic mass is 10.1. The van der Waals surface area contributed by atoms with Gasteiger partial charge in [0.05, 0.1) is 19.3 Å². The van der Waals surface area contributed by atoms with Gasteiger partial charge in [-0.15, -0.1) is 0 Å². The quantitative estimate of drug-likeness (QED) is 0.819. The van der Waals surface area contributed by atoms with E-state index in [0.717, 1.165) is 17.7 Å². The summed E-state index contributed by atoms with van der Waals surface area (Å²) in [6.45, 7) is 4.52. The predicted octanol–water partition coefficient (Wildman–Crippen LogP) is 2.72. The summed E-state index contributed by atoms with van der Waals surface area (Å²) in [6.07, 6.45) is 0.926. The van der Waals surface area contributed by atoms with Crippen molar-refractivity contribution in [3.63, 3.8) is 0 Å². The van der Waals surface area contributed by atoms with Gasteiger partial charge in [0.1, 0.15) is 0 Å². The summed E-state index contributed by atoms with van der Waals surface area (Å²) in [5.41, 5.74) is 1.81. The Kier molecular flexibility index (Phi) is 5.51. The zero-order valence-corrected chi connectivity index (χ0v) is 12.4. The minimum Gasteiger partial charge on any atom is -0.478 e. The molecule has 0 spiro atoms. The summed E-state index contributed by atoms with van der Waals surface area (Å²) in [7, 11) is 0. The van der Waals surface area contributed by atoms with Crippen LogP contribution in [0.1, 0.15) is 30.6 Å². The number of rotatable bonds is 7. The molecule has 112 valence electrons. The third kappa shape index (κ3) is 4.43. The van der Waals surface area contributed by atoms with Crippen molar-refractivity contribution in [2.75, 3.05) is 18.5 Å². The molecule has 0 radical (unpaired) electrons. The van der Waals surface area contributed by atoms with Crippen LogP contribution in [0.15, 0.2) is 36.4 Å². The smallest absolute Gasteiger partial charge is 0.226 e. The van der Waals surface area contributed by atoms with E-state index in [2.05, 4.69) is 15.3 Å². The van der Waals surface area contributed by atoms with Crippen molar-refractivity contribution in [3.8, 4) is 5.88 Å². The summed E-state index contributed by atoms with van der Waals surface area (Å²) in [6, 6.07) is 11.3. The second-order valence-electron chi connectivity index (χ2n) is 4.81. The van der Waals surface area contributed by atoms with Gasteiger partial charge >= 0.3 is 0 Å². The fraction of sp³-hybridized carbons (Fsp3) is 0.375. The van der Waals surface area contributed by atoms with E-state index in [0.29, 0.717) is 18.4 Å². The highest BCUT2D eigenvalue weighted by Crippen LogP contribution is 2.19. The van der Waals surface area contributed by atoms with E-state index in [9.17, 15) is 5.11 Å². The normalized spacial score (nSPS) is 12.0. The number of nitrogens with zero attached hydrogens (tertiary/aromatic N) is 2. The van der Waals surface area contributed by atoms with Crippen molar-refractivity contribution in [1.29, 1.82) is 0 Å². The number of aryl methyl sites for hydroxylation is 1. The number of ether oxygens (including phenoxy) is 1. The van der Waals surface area contributed by atoms with Crippen molar-refractivity contribution < 1.29 is 9.84 Å². The van der Waals surface area contributed by atoms with E-state index in [-0.39, 0.29) is 12.6 Å². The van der Waals surface area contributed by atoms with Crippen LogP contribution < -0.4 is 10.1 Å². The number of hydrogen-bond acceptors (Lipinski definition) is 5. The number of aliphatic hydroxyl groups excluding tert-OH is 1. The van der Waals surface area contributed by atoms with Crippen LogP contribution >= 0.6 is 0 Å². The Morgan fingerprint density at radius 1 is 1.24 bits per heavy atom. The molecular formula is C16H21N3O2. The summed E-state index contributed by atoms with van der Waals surface area (Å²) < 4.78 is 5.54. The first-order chi connectivity index (χ1) is 10.2. The molecule has 1 unspecified atom stereocenters. The highest BCUT2D eigenvalue weighted by molar-refractivity contribution is 5.35. The van der Waals surface area contributed by atoms with Gasteiger partial charge in [-0.25, -0.2) is 4.98 Å². The Balaban J connectivity index is 2.15. The first-order valence-electron chi connectivity index (χ1n) is 7.13. The Hall–Kier alpha value is -2.14. The molecule has 0 saturated carbocycles. The van der Waals surface area contributed by atoms with E-state index in [1.54, 1.807) is 6.07 Å². The number of benzene rings is 1. The van der Waals surface area contributed by atoms with Crippen LogP contribution in [0.2, 0.25) is 0 Å². The number of aliphatic hydroxyl groups is 1. The molecule has 0 aliphatic rings. The Morgan fingerprint density at radius 3 is 2.67 bits per heavy atom. The molecule has 2 rings (SSSR count). The minimum absolute atomic E-state index is 0.0353. The van der Waals surface area contributed by atoms with Gasteiger partial charge < -0.3 is 15.2 Å². The molecule has 1 aromatic heterocycles. The number of anilines is 1. The lowest BCUT2D eigenvalue weighted by molar-refractivity contribution is 0.275. The van der Waals surface area contributed by atoms with Crippen LogP contribution in [-0.4, -0.2) is 28.3 Å². The van der Waals surface area contributed by atoms with Crippen LogP contribution in [-0.2, 0) is 0 Å². The summed E-state index contributed by atoms with van der Waals surface area (Å²) in [5.74, 6) is 1.01. The topological polar surface area (TPSA) is 67.3 Å². The van der Waals surface area contributed by atoms with Crippen molar-refractivity contribution in [1.82, 2.24) is 9.97 Å². The second-order valence-corrected chi connectivity index (χ2v) is 4.81. The van der Waals surface area contributed by atoms with Gasteiger partial charge in [-0.3, -0.25) is 0 Å². The van der Waals surface area contributed by atoms with Crippen molar-refractivity contribution >= 4 is 5.95 Å². The van der Waals surface area contributed by atoms with E-state index < -0.39 is 0 Å². The average molecular weight is 287 g/mol. The molecule has 5 heteroatoms. The fourth-order valence-electron chi connectivity index (χ4n) is 1.96. The van der Waals surface area contributed by atoms with E-state index in [1.807, 2.05) is 44.2 Å². The molecule has 0 saturated heterocycles. The molecule has 5 nitrogen and oxygen atoms in total. The third-order valence-electron chi connectivity index (χ3n) is 2.97. The molecule has 2 aromatic rings. The average Bonchev–Trinajstić information content (AvgIpc) is 2.51. The van der Waals surface area contributed by atoms with Crippen LogP contribution in [0.3, 0.4) is 0 Å². The Bertz CT molecular complexity index is 561. The second kappa shape index (κ2) is 7.59. The van der Waals surface area contributed by atoms with E-state index in [1.165, 1.54) is 0 Å². The minimum atomic E-state index is -0.243. The number of hydrogen-bond donors (Lipinski definition) is 2. The first-order valence-corrected chi connectivity index (χ1v) is 7.13. The zero-order valence-electron chi connectivity index (χ0n) is 12.4. The molecule has 0 aliphatic heterocycles. The maximum absolute atomic E-state index is 9.57. The summed E-state index contributed by atoms with van der Waals surface area (Å²) >= 11 is 0. The molecule has 21 heavy (non-hydrogen) atoms. The zero-order chi connectivity index (χ0) is 15.1. The molecule has 1 heterocycles. The molecule has 0 fully saturated rings. The molecular weight excluding hydrogens is 266 g/mol. The largest absolute Gasteiger partial charge is 0.478 e. The highest BCUT2D eigenvalue weighted by Gasteiger charge is 2.12. The van der Waals surface area contributed by atoms with Crippen molar-refractivity contribution in [2.24, 2.45) is 0 Å². The standard InChI is InChI=1S/C16H21N3O2/c1-3-9-21-15-10-12(2)17-16(19-15)18-14(11-20)13-7-5-4-6-8-13/h4-8,10,14,20H,3,9,11H2,1-2H3,(H,17,18,19). The van der Waals surface area contributed by atoms with Crippen molar-refractivity contribution in [3.05, 3.63) is 47.7 Å². The monoisotopic (exact) mass is 287 g/mol. The van der Waals surface area contributed by atoms with Gasteiger partial charge in [-0.2, -0.15) is 4.98 Å². The van der Waals surface area contributed by atoms with Gasteiger partial charge in [-0.1, -0.05) is 37.3 Å². The van der Waals surface area contributed by atoms with Gasteiger partial charge in [0.2, 0.25) is 11.8 Å². The van der Waals surface area contributed by atoms with E-state index in [4.69, 9.17) is 4.74 Å². The van der Waals surface area contributed by atoms with Gasteiger partial charge in [0.15, 0.2) is 0 Å². The molecule has 0 bridgehead atoms. The predicted molar refractivity (Wildman–Crippen MR) is 82.4 cm³/mol. The fourth-order valence-corrected chi connectivity index (χ4v) is 1.96. The number of nitrogens with one attached hydrogen (secondary N) is 1. The van der Waals surface area contributed by atoms with Gasteiger partial charge in [0, 0.05) is 11.8 Å². The summed E-state index contributed by atoms with van der Waals surface area (Å²) in [5, 5.41) is 12.7. The van der Waals surface area contributed by atoms with E-state index >= 15 is 0 Å².